The highest BCUT2D eigenvalue weighted by Gasteiger charge is 2.41. The highest BCUT2D eigenvalue weighted by atomic mass is 32.2. The molecule has 0 spiro atoms. The van der Waals surface area contributed by atoms with Crippen molar-refractivity contribution < 1.29 is 8.42 Å². The standard InChI is InChI=1S/C14H23N3O2S/c1-9-14(10(2)16-15-9)20(18,19)17(3)8-13-7-11-4-5-12(13)6-11/h11-13H,4-8H2,1-3H3,(H,15,16). The number of hydrogen-bond acceptors (Lipinski definition) is 3. The van der Waals surface area contributed by atoms with Crippen LogP contribution in [0.5, 0.6) is 0 Å². The second-order valence-electron chi connectivity index (χ2n) is 6.48. The van der Waals surface area contributed by atoms with E-state index < -0.39 is 10.0 Å². The number of nitrogens with zero attached hydrogens (tertiary/aromatic N) is 2. The van der Waals surface area contributed by atoms with Crippen molar-refractivity contribution in [1.82, 2.24) is 14.5 Å². The maximum absolute atomic E-state index is 12.7. The van der Waals surface area contributed by atoms with Crippen molar-refractivity contribution in [3.63, 3.8) is 0 Å². The highest BCUT2D eigenvalue weighted by molar-refractivity contribution is 7.89. The Bertz CT molecular complexity index is 588. The third-order valence-electron chi connectivity index (χ3n) is 5.10. The van der Waals surface area contributed by atoms with Gasteiger partial charge in [-0.3, -0.25) is 5.10 Å². The van der Waals surface area contributed by atoms with Gasteiger partial charge in [0.1, 0.15) is 4.90 Å². The summed E-state index contributed by atoms with van der Waals surface area (Å²) in [4.78, 5) is 0.350. The topological polar surface area (TPSA) is 66.1 Å². The number of hydrogen-bond donors (Lipinski definition) is 1. The first-order valence-corrected chi connectivity index (χ1v) is 8.81. The average molecular weight is 297 g/mol. The predicted molar refractivity (Wildman–Crippen MR) is 76.8 cm³/mol. The zero-order chi connectivity index (χ0) is 14.5. The van der Waals surface area contributed by atoms with E-state index in [9.17, 15) is 8.42 Å². The van der Waals surface area contributed by atoms with Crippen LogP contribution in [0.3, 0.4) is 0 Å². The fraction of sp³-hybridized carbons (Fsp3) is 0.786. The number of aromatic amines is 1. The molecule has 1 heterocycles. The number of nitrogens with one attached hydrogen (secondary N) is 1. The van der Waals surface area contributed by atoms with Crippen molar-refractivity contribution in [3.05, 3.63) is 11.4 Å². The zero-order valence-electron chi connectivity index (χ0n) is 12.4. The van der Waals surface area contributed by atoms with E-state index in [1.807, 2.05) is 0 Å². The lowest BCUT2D eigenvalue weighted by atomic mass is 9.89. The summed E-state index contributed by atoms with van der Waals surface area (Å²) in [5, 5.41) is 6.77. The minimum absolute atomic E-state index is 0.350. The van der Waals surface area contributed by atoms with E-state index >= 15 is 0 Å². The van der Waals surface area contributed by atoms with E-state index in [-0.39, 0.29) is 0 Å². The molecule has 20 heavy (non-hydrogen) atoms. The first-order valence-electron chi connectivity index (χ1n) is 7.37. The van der Waals surface area contributed by atoms with Gasteiger partial charge in [0, 0.05) is 13.6 Å². The number of aryl methyl sites for hydroxylation is 2. The van der Waals surface area contributed by atoms with Crippen molar-refractivity contribution in [2.75, 3.05) is 13.6 Å². The Kier molecular flexibility index (Phi) is 3.41. The van der Waals surface area contributed by atoms with Crippen molar-refractivity contribution in [3.8, 4) is 0 Å². The number of H-pyrrole nitrogens is 1. The van der Waals surface area contributed by atoms with Crippen LogP contribution in [0.25, 0.3) is 0 Å². The molecule has 3 rings (SSSR count). The largest absolute Gasteiger partial charge is 0.281 e. The van der Waals surface area contributed by atoms with Crippen LogP contribution in [0.1, 0.15) is 37.1 Å². The summed E-state index contributed by atoms with van der Waals surface area (Å²) in [6.07, 6.45) is 5.14. The first-order chi connectivity index (χ1) is 9.39. The lowest BCUT2D eigenvalue weighted by Gasteiger charge is -2.26. The van der Waals surface area contributed by atoms with Gasteiger partial charge >= 0.3 is 0 Å². The van der Waals surface area contributed by atoms with Crippen LogP contribution in [-0.2, 0) is 10.0 Å². The summed E-state index contributed by atoms with van der Waals surface area (Å²) in [6, 6.07) is 0. The second-order valence-corrected chi connectivity index (χ2v) is 8.47. The van der Waals surface area contributed by atoms with Gasteiger partial charge in [0.25, 0.3) is 0 Å². The minimum atomic E-state index is -3.42. The summed E-state index contributed by atoms with van der Waals surface area (Å²) in [5.74, 6) is 2.13. The number of rotatable bonds is 4. The quantitative estimate of drug-likeness (QED) is 0.925. The SMILES string of the molecule is Cc1n[nH]c(C)c1S(=O)(=O)N(C)CC1CC2CCC1C2. The van der Waals surface area contributed by atoms with E-state index in [2.05, 4.69) is 10.2 Å². The molecule has 112 valence electrons. The van der Waals surface area contributed by atoms with Gasteiger partial charge in [0.15, 0.2) is 0 Å². The van der Waals surface area contributed by atoms with Crippen LogP contribution < -0.4 is 0 Å². The molecule has 3 unspecified atom stereocenters. The van der Waals surface area contributed by atoms with E-state index in [1.54, 1.807) is 20.9 Å². The average Bonchev–Trinajstić information content (AvgIpc) is 3.05. The van der Waals surface area contributed by atoms with Gasteiger partial charge in [-0.15, -0.1) is 0 Å². The molecule has 1 N–H and O–H groups in total. The van der Waals surface area contributed by atoms with Gasteiger partial charge in [-0.25, -0.2) is 12.7 Å². The monoisotopic (exact) mass is 297 g/mol. The molecule has 5 nitrogen and oxygen atoms in total. The molecule has 0 radical (unpaired) electrons. The zero-order valence-corrected chi connectivity index (χ0v) is 13.2. The molecule has 2 aliphatic carbocycles. The Labute approximate surface area is 120 Å². The molecule has 1 aromatic rings. The second kappa shape index (κ2) is 4.84. The maximum Gasteiger partial charge on any atom is 0.246 e. The summed E-state index contributed by atoms with van der Waals surface area (Å²) < 4.78 is 26.9. The van der Waals surface area contributed by atoms with Crippen LogP contribution >= 0.6 is 0 Å². The molecule has 2 aliphatic rings. The number of fused-ring (bicyclic) bond motifs is 2. The van der Waals surface area contributed by atoms with E-state index in [1.165, 1.54) is 30.0 Å². The third-order valence-corrected chi connectivity index (χ3v) is 7.19. The van der Waals surface area contributed by atoms with Crippen LogP contribution in [0.15, 0.2) is 4.90 Å². The van der Waals surface area contributed by atoms with Gasteiger partial charge in [-0.05, 0) is 50.9 Å². The van der Waals surface area contributed by atoms with E-state index in [4.69, 9.17) is 0 Å². The third kappa shape index (κ3) is 2.19. The lowest BCUT2D eigenvalue weighted by Crippen LogP contribution is -2.34. The van der Waals surface area contributed by atoms with Gasteiger partial charge in [-0.2, -0.15) is 5.10 Å². The summed E-state index contributed by atoms with van der Waals surface area (Å²) >= 11 is 0. The van der Waals surface area contributed by atoms with Crippen molar-refractivity contribution in [2.24, 2.45) is 17.8 Å². The Morgan fingerprint density at radius 3 is 2.55 bits per heavy atom. The predicted octanol–water partition coefficient (Wildman–Crippen LogP) is 2.08. The van der Waals surface area contributed by atoms with E-state index in [0.717, 1.165) is 11.8 Å². The lowest BCUT2D eigenvalue weighted by molar-refractivity contribution is 0.280. The molecule has 0 aliphatic heterocycles. The number of sulfonamides is 1. The Morgan fingerprint density at radius 2 is 2.05 bits per heavy atom. The fourth-order valence-electron chi connectivity index (χ4n) is 4.11. The minimum Gasteiger partial charge on any atom is -0.281 e. The Hall–Kier alpha value is -0.880. The molecule has 1 aromatic heterocycles. The Balaban J connectivity index is 1.78. The number of aromatic nitrogens is 2. The van der Waals surface area contributed by atoms with Gasteiger partial charge in [-0.1, -0.05) is 6.42 Å². The molecule has 3 atom stereocenters. The molecule has 0 saturated heterocycles. The Morgan fingerprint density at radius 1 is 1.30 bits per heavy atom. The summed E-state index contributed by atoms with van der Waals surface area (Å²) in [5.41, 5.74) is 1.18. The van der Waals surface area contributed by atoms with Gasteiger partial charge < -0.3 is 0 Å². The maximum atomic E-state index is 12.7. The van der Waals surface area contributed by atoms with Crippen LogP contribution in [-0.4, -0.2) is 36.5 Å². The summed E-state index contributed by atoms with van der Waals surface area (Å²) in [6.45, 7) is 4.15. The van der Waals surface area contributed by atoms with Crippen molar-refractivity contribution in [1.29, 1.82) is 0 Å². The van der Waals surface area contributed by atoms with Crippen LogP contribution in [0.2, 0.25) is 0 Å². The molecule has 2 bridgehead atoms. The van der Waals surface area contributed by atoms with Crippen molar-refractivity contribution >= 4 is 10.0 Å². The molecule has 2 fully saturated rings. The normalized spacial score (nSPS) is 29.5. The molecule has 0 aromatic carbocycles. The molecule has 0 amide bonds. The first kappa shape index (κ1) is 14.1. The molecule has 6 heteroatoms. The summed E-state index contributed by atoms with van der Waals surface area (Å²) in [7, 11) is -1.72. The smallest absolute Gasteiger partial charge is 0.246 e. The molecular weight excluding hydrogens is 274 g/mol. The van der Waals surface area contributed by atoms with Crippen molar-refractivity contribution in [2.45, 2.75) is 44.4 Å². The highest BCUT2D eigenvalue weighted by Crippen LogP contribution is 2.48. The van der Waals surface area contributed by atoms with Gasteiger partial charge in [0.05, 0.1) is 11.4 Å². The van der Waals surface area contributed by atoms with E-state index in [0.29, 0.717) is 28.7 Å². The van der Waals surface area contributed by atoms with Gasteiger partial charge in [0.2, 0.25) is 10.0 Å². The van der Waals surface area contributed by atoms with Crippen LogP contribution in [0, 0.1) is 31.6 Å². The molecular formula is C14H23N3O2S. The fourth-order valence-corrected chi connectivity index (χ4v) is 5.66. The van der Waals surface area contributed by atoms with Crippen LogP contribution in [0.4, 0.5) is 0 Å². The molecule has 2 saturated carbocycles.